The summed E-state index contributed by atoms with van der Waals surface area (Å²) >= 11 is 5.95. The fourth-order valence-corrected chi connectivity index (χ4v) is 3.09. The van der Waals surface area contributed by atoms with Crippen LogP contribution in [0, 0.1) is 0 Å². The molecule has 24 heavy (non-hydrogen) atoms. The zero-order valence-corrected chi connectivity index (χ0v) is 13.5. The number of hydrogen-bond donors (Lipinski definition) is 1. The fraction of sp³-hybridized carbons (Fsp3) is 0.105. The Balaban J connectivity index is 1.68. The largest absolute Gasteiger partial charge is 0.467 e. The average Bonchev–Trinajstić information content (AvgIpc) is 3.20. The third kappa shape index (κ3) is 2.65. The van der Waals surface area contributed by atoms with Crippen molar-refractivity contribution in [1.29, 1.82) is 0 Å². The second kappa shape index (κ2) is 6.06. The lowest BCUT2D eigenvalue weighted by molar-refractivity contribution is 0.0715. The van der Waals surface area contributed by atoms with Crippen LogP contribution in [0.15, 0.2) is 71.3 Å². The zero-order valence-electron chi connectivity index (χ0n) is 12.8. The van der Waals surface area contributed by atoms with Crippen molar-refractivity contribution in [3.63, 3.8) is 0 Å². The molecule has 120 valence electrons. The van der Waals surface area contributed by atoms with Gasteiger partial charge in [0.25, 0.3) is 5.91 Å². The molecule has 2 aromatic carbocycles. The SMILES string of the molecule is O=C1c2ccccc2[C@@H](Nc2ccc(Cl)cc2)N1Cc1ccco1. The number of nitrogens with one attached hydrogen (secondary N) is 1. The molecule has 5 heteroatoms. The van der Waals surface area contributed by atoms with Crippen molar-refractivity contribution in [3.05, 3.63) is 88.8 Å². The highest BCUT2D eigenvalue weighted by Gasteiger charge is 2.36. The Morgan fingerprint density at radius 1 is 1.04 bits per heavy atom. The van der Waals surface area contributed by atoms with E-state index in [1.165, 1.54) is 0 Å². The van der Waals surface area contributed by atoms with Crippen molar-refractivity contribution in [1.82, 2.24) is 4.90 Å². The number of rotatable bonds is 4. The highest BCUT2D eigenvalue weighted by molar-refractivity contribution is 6.30. The van der Waals surface area contributed by atoms with E-state index in [1.807, 2.05) is 60.7 Å². The maximum Gasteiger partial charge on any atom is 0.256 e. The Bertz CT molecular complexity index is 859. The minimum atomic E-state index is -0.250. The highest BCUT2D eigenvalue weighted by Crippen LogP contribution is 2.35. The van der Waals surface area contributed by atoms with Gasteiger partial charge in [-0.25, -0.2) is 0 Å². The molecule has 0 unspecified atom stereocenters. The molecule has 1 aromatic heterocycles. The van der Waals surface area contributed by atoms with Gasteiger partial charge in [-0.15, -0.1) is 0 Å². The van der Waals surface area contributed by atoms with Crippen LogP contribution in [0.5, 0.6) is 0 Å². The number of hydrogen-bond acceptors (Lipinski definition) is 3. The van der Waals surface area contributed by atoms with Crippen molar-refractivity contribution in [3.8, 4) is 0 Å². The van der Waals surface area contributed by atoms with Gasteiger partial charge in [0.1, 0.15) is 11.9 Å². The van der Waals surface area contributed by atoms with Gasteiger partial charge < -0.3 is 14.6 Å². The van der Waals surface area contributed by atoms with E-state index in [4.69, 9.17) is 16.0 Å². The van der Waals surface area contributed by atoms with Crippen LogP contribution in [0.3, 0.4) is 0 Å². The Labute approximate surface area is 144 Å². The number of carbonyl (C=O) groups is 1. The number of nitrogens with zero attached hydrogens (tertiary/aromatic N) is 1. The summed E-state index contributed by atoms with van der Waals surface area (Å²) in [6.07, 6.45) is 1.37. The summed E-state index contributed by atoms with van der Waals surface area (Å²) in [7, 11) is 0. The molecule has 2 heterocycles. The van der Waals surface area contributed by atoms with E-state index < -0.39 is 0 Å². The van der Waals surface area contributed by atoms with Gasteiger partial charge in [-0.3, -0.25) is 4.79 Å². The molecule has 0 spiro atoms. The lowest BCUT2D eigenvalue weighted by Gasteiger charge is -2.26. The Hall–Kier alpha value is -2.72. The molecule has 1 N–H and O–H groups in total. The van der Waals surface area contributed by atoms with E-state index in [-0.39, 0.29) is 12.1 Å². The van der Waals surface area contributed by atoms with Crippen molar-refractivity contribution in [2.75, 3.05) is 5.32 Å². The summed E-state index contributed by atoms with van der Waals surface area (Å²) in [5.74, 6) is 0.743. The first-order chi connectivity index (χ1) is 11.7. The van der Waals surface area contributed by atoms with Crippen molar-refractivity contribution >= 4 is 23.2 Å². The van der Waals surface area contributed by atoms with E-state index >= 15 is 0 Å². The molecule has 3 aromatic rings. The number of carbonyl (C=O) groups excluding carboxylic acids is 1. The molecule has 4 rings (SSSR count). The molecule has 1 aliphatic rings. The molecular formula is C19H15ClN2O2. The molecule has 0 saturated heterocycles. The van der Waals surface area contributed by atoms with E-state index in [0.717, 1.165) is 22.6 Å². The molecule has 0 saturated carbocycles. The lowest BCUT2D eigenvalue weighted by Crippen LogP contribution is -2.31. The number of amides is 1. The number of halogens is 1. The first-order valence-corrected chi connectivity index (χ1v) is 8.04. The van der Waals surface area contributed by atoms with Gasteiger partial charge in [-0.05, 0) is 42.5 Å². The average molecular weight is 339 g/mol. The smallest absolute Gasteiger partial charge is 0.256 e. The second-order valence-electron chi connectivity index (χ2n) is 5.65. The second-order valence-corrected chi connectivity index (χ2v) is 6.09. The number of fused-ring (bicyclic) bond motifs is 1. The quantitative estimate of drug-likeness (QED) is 0.750. The van der Waals surface area contributed by atoms with E-state index in [1.54, 1.807) is 11.2 Å². The highest BCUT2D eigenvalue weighted by atomic mass is 35.5. The molecule has 1 atom stereocenters. The minimum Gasteiger partial charge on any atom is -0.467 e. The maximum atomic E-state index is 12.8. The molecule has 4 nitrogen and oxygen atoms in total. The van der Waals surface area contributed by atoms with Crippen LogP contribution in [0.2, 0.25) is 5.02 Å². The first-order valence-electron chi connectivity index (χ1n) is 7.67. The topological polar surface area (TPSA) is 45.5 Å². The van der Waals surface area contributed by atoms with Gasteiger partial charge in [0.15, 0.2) is 0 Å². The standard InChI is InChI=1S/C19H15ClN2O2/c20-13-7-9-14(10-8-13)21-18-16-5-1-2-6-17(16)19(23)22(18)12-15-4-3-11-24-15/h1-11,18,21H,12H2/t18-/m0/s1. The molecule has 0 radical (unpaired) electrons. The molecule has 1 aliphatic heterocycles. The van der Waals surface area contributed by atoms with Crippen LogP contribution < -0.4 is 5.32 Å². The molecule has 0 bridgehead atoms. The van der Waals surface area contributed by atoms with Gasteiger partial charge in [-0.2, -0.15) is 0 Å². The molecule has 0 aliphatic carbocycles. The summed E-state index contributed by atoms with van der Waals surface area (Å²) in [6, 6.07) is 18.8. The van der Waals surface area contributed by atoms with Crippen LogP contribution in [0.4, 0.5) is 5.69 Å². The fourth-order valence-electron chi connectivity index (χ4n) is 2.96. The summed E-state index contributed by atoms with van der Waals surface area (Å²) < 4.78 is 5.42. The van der Waals surface area contributed by atoms with Crippen LogP contribution >= 0.6 is 11.6 Å². The van der Waals surface area contributed by atoms with Crippen molar-refractivity contribution < 1.29 is 9.21 Å². The summed E-state index contributed by atoms with van der Waals surface area (Å²) in [5.41, 5.74) is 2.58. The Morgan fingerprint density at radius 2 is 1.83 bits per heavy atom. The van der Waals surface area contributed by atoms with Crippen LogP contribution in [0.1, 0.15) is 27.8 Å². The lowest BCUT2D eigenvalue weighted by atomic mass is 10.1. The van der Waals surface area contributed by atoms with Gasteiger partial charge >= 0.3 is 0 Å². The zero-order chi connectivity index (χ0) is 16.5. The number of anilines is 1. The predicted octanol–water partition coefficient (Wildman–Crippen LogP) is 4.70. The van der Waals surface area contributed by atoms with Crippen LogP contribution in [-0.2, 0) is 6.54 Å². The van der Waals surface area contributed by atoms with Crippen LogP contribution in [0.25, 0.3) is 0 Å². The van der Waals surface area contributed by atoms with Gasteiger partial charge in [0.2, 0.25) is 0 Å². The summed E-state index contributed by atoms with van der Waals surface area (Å²) in [4.78, 5) is 14.6. The predicted molar refractivity (Wildman–Crippen MR) is 92.8 cm³/mol. The summed E-state index contributed by atoms with van der Waals surface area (Å²) in [5, 5.41) is 4.10. The first kappa shape index (κ1) is 14.8. The normalized spacial score (nSPS) is 16.3. The van der Waals surface area contributed by atoms with Gasteiger partial charge in [0, 0.05) is 21.8 Å². The van der Waals surface area contributed by atoms with Gasteiger partial charge in [0.05, 0.1) is 12.8 Å². The monoisotopic (exact) mass is 338 g/mol. The van der Waals surface area contributed by atoms with Crippen LogP contribution in [-0.4, -0.2) is 10.8 Å². The molecule has 1 amide bonds. The number of furan rings is 1. The molecular weight excluding hydrogens is 324 g/mol. The van der Waals surface area contributed by atoms with Crippen molar-refractivity contribution in [2.24, 2.45) is 0 Å². The Morgan fingerprint density at radius 3 is 2.58 bits per heavy atom. The third-order valence-corrected chi connectivity index (χ3v) is 4.36. The van der Waals surface area contributed by atoms with E-state index in [2.05, 4.69) is 5.32 Å². The van der Waals surface area contributed by atoms with E-state index in [9.17, 15) is 4.79 Å². The van der Waals surface area contributed by atoms with E-state index in [0.29, 0.717) is 11.6 Å². The molecule has 0 fully saturated rings. The maximum absolute atomic E-state index is 12.8. The van der Waals surface area contributed by atoms with Crippen molar-refractivity contribution in [2.45, 2.75) is 12.7 Å². The third-order valence-electron chi connectivity index (χ3n) is 4.11. The summed E-state index contributed by atoms with van der Waals surface area (Å²) in [6.45, 7) is 0.409. The Kier molecular flexibility index (Phi) is 3.75. The minimum absolute atomic E-state index is 0.00605. The van der Waals surface area contributed by atoms with Gasteiger partial charge in [-0.1, -0.05) is 29.8 Å². The number of benzene rings is 2.